The average molecular weight is 311 g/mol. The van der Waals surface area contributed by atoms with Gasteiger partial charge in [-0.25, -0.2) is 0 Å². The monoisotopic (exact) mass is 309 g/mol. The summed E-state index contributed by atoms with van der Waals surface area (Å²) in [6.07, 6.45) is 0. The van der Waals surface area contributed by atoms with Crippen LogP contribution in [0.15, 0.2) is 51.4 Å². The van der Waals surface area contributed by atoms with Crippen LogP contribution in [-0.4, -0.2) is 0 Å². The Balaban J connectivity index is 2.48. The quantitative estimate of drug-likeness (QED) is 0.717. The van der Waals surface area contributed by atoms with Gasteiger partial charge in [0.25, 0.3) is 0 Å². The minimum atomic E-state index is 1.03. The first-order valence-corrected chi connectivity index (χ1v) is 5.78. The van der Waals surface area contributed by atoms with E-state index in [1.807, 2.05) is 24.3 Å². The summed E-state index contributed by atoms with van der Waals surface area (Å²) in [5, 5.41) is 0. The van der Waals surface area contributed by atoms with E-state index in [2.05, 4.69) is 56.1 Å². The van der Waals surface area contributed by atoms with Gasteiger partial charge in [-0.2, -0.15) is 0 Å². The first-order valence-electron chi connectivity index (χ1n) is 4.19. The SMILES string of the molecule is Brc1c[c]c(-c2ccccc2)cc1Br. The van der Waals surface area contributed by atoms with Crippen LogP contribution in [0.5, 0.6) is 0 Å². The van der Waals surface area contributed by atoms with Crippen LogP contribution in [0.2, 0.25) is 0 Å². The number of benzene rings is 2. The smallest absolute Gasteiger partial charge is 0.0324 e. The van der Waals surface area contributed by atoms with Crippen LogP contribution in [0.25, 0.3) is 11.1 Å². The van der Waals surface area contributed by atoms with Crippen molar-refractivity contribution >= 4 is 31.9 Å². The second-order valence-electron chi connectivity index (χ2n) is 2.91. The van der Waals surface area contributed by atoms with E-state index in [0.29, 0.717) is 0 Å². The van der Waals surface area contributed by atoms with E-state index in [9.17, 15) is 0 Å². The Labute approximate surface area is 100 Å². The molecule has 0 saturated carbocycles. The topological polar surface area (TPSA) is 0 Å². The van der Waals surface area contributed by atoms with Gasteiger partial charge in [-0.15, -0.1) is 0 Å². The number of rotatable bonds is 1. The Bertz CT molecular complexity index is 435. The molecule has 0 aromatic heterocycles. The van der Waals surface area contributed by atoms with E-state index >= 15 is 0 Å². The molecule has 2 heteroatoms. The molecule has 1 radical (unpaired) electrons. The van der Waals surface area contributed by atoms with Crippen LogP contribution >= 0.6 is 31.9 Å². The Morgan fingerprint density at radius 2 is 1.64 bits per heavy atom. The van der Waals surface area contributed by atoms with Crippen LogP contribution in [0, 0.1) is 6.07 Å². The van der Waals surface area contributed by atoms with Gasteiger partial charge in [0.05, 0.1) is 0 Å². The van der Waals surface area contributed by atoms with Crippen molar-refractivity contribution in [3.05, 3.63) is 57.5 Å². The van der Waals surface area contributed by atoms with Gasteiger partial charge in [0, 0.05) is 8.95 Å². The first kappa shape index (κ1) is 9.94. The molecule has 2 aromatic rings. The first-order chi connectivity index (χ1) is 6.77. The van der Waals surface area contributed by atoms with Gasteiger partial charge in [0.15, 0.2) is 0 Å². The van der Waals surface area contributed by atoms with E-state index in [1.165, 1.54) is 5.56 Å². The van der Waals surface area contributed by atoms with Gasteiger partial charge < -0.3 is 0 Å². The van der Waals surface area contributed by atoms with Crippen molar-refractivity contribution in [3.8, 4) is 11.1 Å². The minimum absolute atomic E-state index is 1.03. The molecule has 0 spiro atoms. The maximum Gasteiger partial charge on any atom is 0.0324 e. The van der Waals surface area contributed by atoms with E-state index in [4.69, 9.17) is 0 Å². The molecule has 2 rings (SSSR count). The lowest BCUT2D eigenvalue weighted by molar-refractivity contribution is 1.55. The Morgan fingerprint density at radius 1 is 0.929 bits per heavy atom. The molecule has 14 heavy (non-hydrogen) atoms. The molecule has 0 heterocycles. The summed E-state index contributed by atoms with van der Waals surface area (Å²) in [4.78, 5) is 0. The number of hydrogen-bond acceptors (Lipinski definition) is 0. The highest BCUT2D eigenvalue weighted by atomic mass is 79.9. The third-order valence-corrected chi connectivity index (χ3v) is 3.78. The van der Waals surface area contributed by atoms with Gasteiger partial charge in [-0.1, -0.05) is 30.3 Å². The molecule has 0 saturated heterocycles. The normalized spacial score (nSPS) is 10.1. The molecule has 0 unspecified atom stereocenters. The van der Waals surface area contributed by atoms with Gasteiger partial charge >= 0.3 is 0 Å². The molecule has 0 amide bonds. The molecule has 0 fully saturated rings. The number of halogens is 2. The van der Waals surface area contributed by atoms with Crippen LogP contribution < -0.4 is 0 Å². The van der Waals surface area contributed by atoms with Crippen LogP contribution in [0.3, 0.4) is 0 Å². The molecule has 0 aliphatic heterocycles. The summed E-state index contributed by atoms with van der Waals surface area (Å²) in [6, 6.07) is 17.4. The van der Waals surface area contributed by atoms with E-state index in [1.54, 1.807) is 0 Å². The van der Waals surface area contributed by atoms with Gasteiger partial charge in [-0.05, 0) is 61.2 Å². The lowest BCUT2D eigenvalue weighted by Crippen LogP contribution is -1.78. The molecular weight excluding hydrogens is 304 g/mol. The average Bonchev–Trinajstić information content (AvgIpc) is 2.23. The van der Waals surface area contributed by atoms with Crippen LogP contribution in [0.1, 0.15) is 0 Å². The van der Waals surface area contributed by atoms with Crippen molar-refractivity contribution in [2.45, 2.75) is 0 Å². The highest BCUT2D eigenvalue weighted by Crippen LogP contribution is 2.28. The van der Waals surface area contributed by atoms with Crippen molar-refractivity contribution in [1.82, 2.24) is 0 Å². The maximum absolute atomic E-state index is 3.48. The predicted molar refractivity (Wildman–Crippen MR) is 66.1 cm³/mol. The van der Waals surface area contributed by atoms with E-state index in [0.717, 1.165) is 14.5 Å². The van der Waals surface area contributed by atoms with Gasteiger partial charge in [0.2, 0.25) is 0 Å². The Kier molecular flexibility index (Phi) is 3.04. The summed E-state index contributed by atoms with van der Waals surface area (Å²) in [7, 11) is 0. The number of hydrogen-bond donors (Lipinski definition) is 0. The van der Waals surface area contributed by atoms with Crippen molar-refractivity contribution in [2.75, 3.05) is 0 Å². The van der Waals surface area contributed by atoms with Crippen molar-refractivity contribution in [3.63, 3.8) is 0 Å². The van der Waals surface area contributed by atoms with Crippen LogP contribution in [-0.2, 0) is 0 Å². The molecular formula is C12H7Br2. The summed E-state index contributed by atoms with van der Waals surface area (Å²) in [5.41, 5.74) is 2.28. The largest absolute Gasteiger partial charge is 0.0622 e. The molecule has 69 valence electrons. The van der Waals surface area contributed by atoms with Gasteiger partial charge in [-0.3, -0.25) is 0 Å². The van der Waals surface area contributed by atoms with Crippen LogP contribution in [0.4, 0.5) is 0 Å². The Morgan fingerprint density at radius 3 is 2.29 bits per heavy atom. The molecule has 0 atom stereocenters. The zero-order chi connectivity index (χ0) is 9.97. The zero-order valence-corrected chi connectivity index (χ0v) is 10.5. The summed E-state index contributed by atoms with van der Waals surface area (Å²) in [5.74, 6) is 0. The van der Waals surface area contributed by atoms with Gasteiger partial charge in [0.1, 0.15) is 0 Å². The van der Waals surface area contributed by atoms with Crippen molar-refractivity contribution in [1.29, 1.82) is 0 Å². The molecule has 0 bridgehead atoms. The maximum atomic E-state index is 3.48. The fraction of sp³-hybridized carbons (Fsp3) is 0. The molecule has 0 nitrogen and oxygen atoms in total. The second-order valence-corrected chi connectivity index (χ2v) is 4.62. The summed E-state index contributed by atoms with van der Waals surface area (Å²) < 4.78 is 2.08. The summed E-state index contributed by atoms with van der Waals surface area (Å²) in [6.45, 7) is 0. The lowest BCUT2D eigenvalue weighted by Gasteiger charge is -2.02. The molecule has 0 N–H and O–H groups in total. The highest BCUT2D eigenvalue weighted by molar-refractivity contribution is 9.13. The zero-order valence-electron chi connectivity index (χ0n) is 7.30. The summed E-state index contributed by atoms with van der Waals surface area (Å²) >= 11 is 6.90. The molecule has 0 aliphatic rings. The second kappa shape index (κ2) is 4.28. The predicted octanol–water partition coefficient (Wildman–Crippen LogP) is 4.68. The molecule has 0 aliphatic carbocycles. The van der Waals surface area contributed by atoms with Crippen molar-refractivity contribution in [2.24, 2.45) is 0 Å². The standard InChI is InChI=1S/C12H7Br2/c13-11-7-6-10(8-12(11)14)9-4-2-1-3-5-9/h1-5,7-8H. The van der Waals surface area contributed by atoms with Crippen molar-refractivity contribution < 1.29 is 0 Å². The van der Waals surface area contributed by atoms with E-state index < -0.39 is 0 Å². The third-order valence-electron chi connectivity index (χ3n) is 1.94. The lowest BCUT2D eigenvalue weighted by atomic mass is 10.1. The fourth-order valence-electron chi connectivity index (χ4n) is 1.23. The third kappa shape index (κ3) is 2.07. The highest BCUT2D eigenvalue weighted by Gasteiger charge is 2.00. The molecule has 2 aromatic carbocycles. The fourth-order valence-corrected chi connectivity index (χ4v) is 1.80. The Hall–Kier alpha value is -0.600. The minimum Gasteiger partial charge on any atom is -0.0622 e. The van der Waals surface area contributed by atoms with E-state index in [-0.39, 0.29) is 0 Å².